The SMILES string of the molecule is O=C(O)c1ccn(Cc2ccc(F)c(F)c2)n1. The van der Waals surface area contributed by atoms with Crippen LogP contribution in [0.25, 0.3) is 0 Å². The first-order chi connectivity index (χ1) is 8.06. The van der Waals surface area contributed by atoms with E-state index in [1.807, 2.05) is 0 Å². The van der Waals surface area contributed by atoms with E-state index < -0.39 is 17.6 Å². The lowest BCUT2D eigenvalue weighted by Crippen LogP contribution is -2.04. The Balaban J connectivity index is 2.19. The Morgan fingerprint density at radius 3 is 2.65 bits per heavy atom. The molecule has 0 aliphatic carbocycles. The van der Waals surface area contributed by atoms with Gasteiger partial charge in [-0.2, -0.15) is 5.10 Å². The summed E-state index contributed by atoms with van der Waals surface area (Å²) in [5.41, 5.74) is 0.413. The van der Waals surface area contributed by atoms with Gasteiger partial charge in [0, 0.05) is 6.20 Å². The summed E-state index contributed by atoms with van der Waals surface area (Å²) in [6, 6.07) is 4.83. The van der Waals surface area contributed by atoms with Crippen LogP contribution in [0.1, 0.15) is 16.1 Å². The highest BCUT2D eigenvalue weighted by molar-refractivity contribution is 5.85. The van der Waals surface area contributed by atoms with Crippen LogP contribution in [0.2, 0.25) is 0 Å². The fourth-order valence-electron chi connectivity index (χ4n) is 1.39. The summed E-state index contributed by atoms with van der Waals surface area (Å²) in [4.78, 5) is 10.6. The smallest absolute Gasteiger partial charge is 0.356 e. The maximum absolute atomic E-state index is 12.9. The van der Waals surface area contributed by atoms with Gasteiger partial charge in [0.15, 0.2) is 17.3 Å². The second kappa shape index (κ2) is 4.32. The Morgan fingerprint density at radius 2 is 2.06 bits per heavy atom. The van der Waals surface area contributed by atoms with Gasteiger partial charge in [-0.3, -0.25) is 4.68 Å². The minimum absolute atomic E-state index is 0.0902. The molecule has 0 unspecified atom stereocenters. The monoisotopic (exact) mass is 238 g/mol. The molecule has 1 aromatic heterocycles. The van der Waals surface area contributed by atoms with Crippen molar-refractivity contribution in [3.8, 4) is 0 Å². The van der Waals surface area contributed by atoms with Crippen LogP contribution in [0.15, 0.2) is 30.5 Å². The van der Waals surface area contributed by atoms with Crippen LogP contribution >= 0.6 is 0 Å². The number of carbonyl (C=O) groups is 1. The summed E-state index contributed by atoms with van der Waals surface area (Å²) in [7, 11) is 0. The van der Waals surface area contributed by atoms with Crippen molar-refractivity contribution in [2.45, 2.75) is 6.54 Å². The Labute approximate surface area is 95.1 Å². The van der Waals surface area contributed by atoms with E-state index >= 15 is 0 Å². The van der Waals surface area contributed by atoms with Gasteiger partial charge >= 0.3 is 5.97 Å². The quantitative estimate of drug-likeness (QED) is 0.888. The molecule has 88 valence electrons. The zero-order chi connectivity index (χ0) is 12.4. The maximum Gasteiger partial charge on any atom is 0.356 e. The molecule has 0 radical (unpaired) electrons. The van der Waals surface area contributed by atoms with Crippen LogP contribution in [-0.2, 0) is 6.54 Å². The minimum atomic E-state index is -1.13. The lowest BCUT2D eigenvalue weighted by Gasteiger charge is -2.02. The predicted octanol–water partition coefficient (Wildman–Crippen LogP) is 1.91. The number of rotatable bonds is 3. The van der Waals surface area contributed by atoms with Gasteiger partial charge in [0.05, 0.1) is 6.54 Å². The van der Waals surface area contributed by atoms with E-state index in [4.69, 9.17) is 5.11 Å². The van der Waals surface area contributed by atoms with Crippen molar-refractivity contribution in [2.24, 2.45) is 0 Å². The molecule has 0 spiro atoms. The standard InChI is InChI=1S/C11H8F2N2O2/c12-8-2-1-7(5-9(8)13)6-15-4-3-10(14-15)11(16)17/h1-5H,6H2,(H,16,17). The third-order valence-corrected chi connectivity index (χ3v) is 2.19. The number of carboxylic acid groups (broad SMARTS) is 1. The molecule has 6 heteroatoms. The highest BCUT2D eigenvalue weighted by atomic mass is 19.2. The number of aromatic nitrogens is 2. The molecule has 0 aliphatic rings. The largest absolute Gasteiger partial charge is 0.476 e. The van der Waals surface area contributed by atoms with E-state index in [0.29, 0.717) is 5.56 Å². The van der Waals surface area contributed by atoms with E-state index in [1.165, 1.54) is 23.0 Å². The van der Waals surface area contributed by atoms with E-state index in [-0.39, 0.29) is 12.2 Å². The molecule has 0 atom stereocenters. The highest BCUT2D eigenvalue weighted by Gasteiger charge is 2.08. The molecule has 17 heavy (non-hydrogen) atoms. The molecule has 0 amide bonds. The van der Waals surface area contributed by atoms with Crippen molar-refractivity contribution in [3.05, 3.63) is 53.4 Å². The lowest BCUT2D eigenvalue weighted by atomic mass is 10.2. The van der Waals surface area contributed by atoms with Crippen molar-refractivity contribution in [3.63, 3.8) is 0 Å². The molecule has 1 heterocycles. The van der Waals surface area contributed by atoms with Gasteiger partial charge < -0.3 is 5.11 Å². The Hall–Kier alpha value is -2.24. The fourth-order valence-corrected chi connectivity index (χ4v) is 1.39. The average molecular weight is 238 g/mol. The van der Waals surface area contributed by atoms with Gasteiger partial charge in [0.2, 0.25) is 0 Å². The molecule has 0 fully saturated rings. The van der Waals surface area contributed by atoms with Gasteiger partial charge in [-0.1, -0.05) is 6.07 Å². The number of hydrogen-bond donors (Lipinski definition) is 1. The van der Waals surface area contributed by atoms with Crippen LogP contribution in [-0.4, -0.2) is 20.9 Å². The predicted molar refractivity (Wildman–Crippen MR) is 54.6 cm³/mol. The zero-order valence-electron chi connectivity index (χ0n) is 8.60. The first kappa shape index (κ1) is 11.3. The van der Waals surface area contributed by atoms with Gasteiger partial charge in [0.1, 0.15) is 0 Å². The van der Waals surface area contributed by atoms with E-state index in [2.05, 4.69) is 5.10 Å². The van der Waals surface area contributed by atoms with Gasteiger partial charge in [0.25, 0.3) is 0 Å². The molecule has 0 bridgehead atoms. The summed E-state index contributed by atoms with van der Waals surface area (Å²) in [6.07, 6.45) is 1.46. The van der Waals surface area contributed by atoms with Crippen LogP contribution < -0.4 is 0 Å². The number of halogens is 2. The first-order valence-corrected chi connectivity index (χ1v) is 4.77. The third-order valence-electron chi connectivity index (χ3n) is 2.19. The molecule has 1 aromatic carbocycles. The maximum atomic E-state index is 12.9. The number of aromatic carboxylic acids is 1. The Bertz CT molecular complexity index is 566. The number of nitrogens with zero attached hydrogens (tertiary/aromatic N) is 2. The molecule has 0 saturated carbocycles. The number of benzene rings is 1. The van der Waals surface area contributed by atoms with Crippen LogP contribution in [0.5, 0.6) is 0 Å². The molecule has 2 rings (SSSR count). The summed E-state index contributed by atoms with van der Waals surface area (Å²) in [5, 5.41) is 12.4. The van der Waals surface area contributed by atoms with E-state index in [0.717, 1.165) is 12.1 Å². The Morgan fingerprint density at radius 1 is 1.29 bits per heavy atom. The first-order valence-electron chi connectivity index (χ1n) is 4.77. The summed E-state index contributed by atoms with van der Waals surface area (Å²) >= 11 is 0. The topological polar surface area (TPSA) is 55.1 Å². The van der Waals surface area contributed by atoms with Crippen molar-refractivity contribution >= 4 is 5.97 Å². The molecule has 0 saturated heterocycles. The van der Waals surface area contributed by atoms with Crippen molar-refractivity contribution in [1.29, 1.82) is 0 Å². The van der Waals surface area contributed by atoms with Crippen LogP contribution in [0.4, 0.5) is 8.78 Å². The van der Waals surface area contributed by atoms with Crippen LogP contribution in [0, 0.1) is 11.6 Å². The van der Waals surface area contributed by atoms with Gasteiger partial charge in [-0.25, -0.2) is 13.6 Å². The summed E-state index contributed by atoms with van der Waals surface area (Å²) in [6.45, 7) is 0.185. The van der Waals surface area contributed by atoms with E-state index in [9.17, 15) is 13.6 Å². The summed E-state index contributed by atoms with van der Waals surface area (Å²) < 4.78 is 26.9. The molecule has 4 nitrogen and oxygen atoms in total. The Kier molecular flexibility index (Phi) is 2.86. The normalized spacial score (nSPS) is 10.5. The molecule has 1 N–H and O–H groups in total. The molecule has 0 aliphatic heterocycles. The van der Waals surface area contributed by atoms with Crippen LogP contribution in [0.3, 0.4) is 0 Å². The van der Waals surface area contributed by atoms with Gasteiger partial charge in [-0.05, 0) is 23.8 Å². The fraction of sp³-hybridized carbons (Fsp3) is 0.0909. The molecule has 2 aromatic rings. The number of carboxylic acids is 1. The van der Waals surface area contributed by atoms with Crippen molar-refractivity contribution in [2.75, 3.05) is 0 Å². The molecular weight excluding hydrogens is 230 g/mol. The molecular formula is C11H8F2N2O2. The highest BCUT2D eigenvalue weighted by Crippen LogP contribution is 2.10. The second-order valence-electron chi connectivity index (χ2n) is 3.45. The van der Waals surface area contributed by atoms with Crippen molar-refractivity contribution < 1.29 is 18.7 Å². The van der Waals surface area contributed by atoms with Crippen molar-refractivity contribution in [1.82, 2.24) is 9.78 Å². The van der Waals surface area contributed by atoms with E-state index in [1.54, 1.807) is 0 Å². The summed E-state index contributed by atoms with van der Waals surface area (Å²) in [5.74, 6) is -2.98. The third kappa shape index (κ3) is 2.47. The number of hydrogen-bond acceptors (Lipinski definition) is 2. The minimum Gasteiger partial charge on any atom is -0.476 e. The second-order valence-corrected chi connectivity index (χ2v) is 3.45. The average Bonchev–Trinajstić information content (AvgIpc) is 2.72. The lowest BCUT2D eigenvalue weighted by molar-refractivity contribution is 0.0689. The van der Waals surface area contributed by atoms with Gasteiger partial charge in [-0.15, -0.1) is 0 Å². The zero-order valence-corrected chi connectivity index (χ0v) is 8.60.